The van der Waals surface area contributed by atoms with Crippen LogP contribution in [0, 0.1) is 0 Å². The van der Waals surface area contributed by atoms with Gasteiger partial charge < -0.3 is 10.2 Å². The Morgan fingerprint density at radius 1 is 1.45 bits per heavy atom. The van der Waals surface area contributed by atoms with Crippen molar-refractivity contribution in [3.05, 3.63) is 34.9 Å². The fourth-order valence-corrected chi connectivity index (χ4v) is 3.10. The maximum atomic E-state index is 12.0. The number of hydrogen-bond acceptors (Lipinski definition) is 3. The molecule has 0 spiro atoms. The molecule has 108 valence electrons. The summed E-state index contributed by atoms with van der Waals surface area (Å²) in [6.45, 7) is 2.15. The molecule has 0 aromatic heterocycles. The van der Waals surface area contributed by atoms with Crippen LogP contribution in [0.3, 0.4) is 0 Å². The van der Waals surface area contributed by atoms with Crippen LogP contribution in [0.25, 0.3) is 0 Å². The fraction of sp³-hybridized carbons (Fsp3) is 0.429. The maximum Gasteiger partial charge on any atom is 0.240 e. The molecule has 1 heterocycles. The Kier molecular flexibility index (Phi) is 5.31. The molecule has 1 saturated heterocycles. The van der Waals surface area contributed by atoms with Crippen molar-refractivity contribution in [3.8, 4) is 0 Å². The third-order valence-corrected chi connectivity index (χ3v) is 4.37. The third kappa shape index (κ3) is 3.90. The van der Waals surface area contributed by atoms with E-state index in [1.54, 1.807) is 4.90 Å². The van der Waals surface area contributed by atoms with Gasteiger partial charge >= 0.3 is 0 Å². The van der Waals surface area contributed by atoms with Gasteiger partial charge in [0.25, 0.3) is 0 Å². The summed E-state index contributed by atoms with van der Waals surface area (Å²) >= 11 is 7.40. The van der Waals surface area contributed by atoms with Crippen LogP contribution in [0.1, 0.15) is 24.9 Å². The van der Waals surface area contributed by atoms with Gasteiger partial charge in [-0.2, -0.15) is 0 Å². The average Bonchev–Trinajstić information content (AvgIpc) is 2.83. The zero-order valence-corrected chi connectivity index (χ0v) is 12.8. The van der Waals surface area contributed by atoms with Crippen molar-refractivity contribution in [2.24, 2.45) is 0 Å². The lowest BCUT2D eigenvalue weighted by molar-refractivity contribution is -0.132. The first-order valence-electron chi connectivity index (χ1n) is 6.50. The van der Waals surface area contributed by atoms with Crippen molar-refractivity contribution in [1.29, 1.82) is 0 Å². The molecular formula is C14H17ClN2O2S. The van der Waals surface area contributed by atoms with Crippen molar-refractivity contribution < 1.29 is 9.59 Å². The van der Waals surface area contributed by atoms with E-state index in [9.17, 15) is 9.59 Å². The monoisotopic (exact) mass is 312 g/mol. The number of thioether (sulfide) groups is 1. The van der Waals surface area contributed by atoms with E-state index in [0.717, 1.165) is 12.0 Å². The zero-order chi connectivity index (χ0) is 14.5. The van der Waals surface area contributed by atoms with E-state index >= 15 is 0 Å². The van der Waals surface area contributed by atoms with Gasteiger partial charge in [-0.15, -0.1) is 11.8 Å². The lowest BCUT2D eigenvalue weighted by atomic mass is 10.0. The van der Waals surface area contributed by atoms with Crippen LogP contribution in [0.5, 0.6) is 0 Å². The van der Waals surface area contributed by atoms with E-state index < -0.39 is 0 Å². The molecule has 1 aromatic rings. The molecule has 1 fully saturated rings. The van der Waals surface area contributed by atoms with Crippen molar-refractivity contribution >= 4 is 35.2 Å². The molecule has 0 bridgehead atoms. The largest absolute Gasteiger partial charge is 0.348 e. The number of nitrogens with zero attached hydrogens (tertiary/aromatic N) is 1. The maximum absolute atomic E-state index is 12.0. The molecule has 2 rings (SSSR count). The quantitative estimate of drug-likeness (QED) is 0.908. The van der Waals surface area contributed by atoms with Gasteiger partial charge in [0.05, 0.1) is 17.7 Å². The smallest absolute Gasteiger partial charge is 0.240 e. The summed E-state index contributed by atoms with van der Waals surface area (Å²) in [6, 6.07) is 7.39. The van der Waals surface area contributed by atoms with E-state index in [2.05, 4.69) is 5.32 Å². The van der Waals surface area contributed by atoms with Crippen LogP contribution in [-0.2, 0) is 9.59 Å². The van der Waals surface area contributed by atoms with Crippen LogP contribution in [-0.4, -0.2) is 34.9 Å². The minimum absolute atomic E-state index is 0.0321. The lowest BCUT2D eigenvalue weighted by Gasteiger charge is -2.20. The van der Waals surface area contributed by atoms with Gasteiger partial charge in [0.15, 0.2) is 0 Å². The topological polar surface area (TPSA) is 49.4 Å². The Bertz CT molecular complexity index is 492. The molecule has 1 N–H and O–H groups in total. The van der Waals surface area contributed by atoms with Crippen LogP contribution < -0.4 is 5.32 Å². The number of rotatable bonds is 5. The highest BCUT2D eigenvalue weighted by Gasteiger charge is 2.23. The number of carbonyl (C=O) groups excluding carboxylic acids is 2. The molecule has 0 aliphatic carbocycles. The molecule has 0 radical (unpaired) electrons. The standard InChI is InChI=1S/C14H17ClN2O2S/c1-2-12(10-3-5-11(15)6-4-10)16-13(18)7-17-9-20-8-14(17)19/h3-6,12H,2,7-9H2,1H3,(H,16,18). The summed E-state index contributed by atoms with van der Waals surface area (Å²) in [5.41, 5.74) is 1.02. The van der Waals surface area contributed by atoms with Gasteiger partial charge in [-0.1, -0.05) is 30.7 Å². The van der Waals surface area contributed by atoms with Crippen LogP contribution in [0.4, 0.5) is 0 Å². The van der Waals surface area contributed by atoms with Gasteiger partial charge in [-0.05, 0) is 24.1 Å². The molecule has 1 aromatic carbocycles. The summed E-state index contributed by atoms with van der Waals surface area (Å²) in [5.74, 6) is 0.985. The van der Waals surface area contributed by atoms with Crippen LogP contribution >= 0.6 is 23.4 Å². The second-order valence-electron chi connectivity index (χ2n) is 4.65. The molecule has 1 unspecified atom stereocenters. The van der Waals surface area contributed by atoms with Gasteiger partial charge in [0.1, 0.15) is 6.54 Å². The molecule has 1 aliphatic rings. The fourth-order valence-electron chi connectivity index (χ4n) is 2.07. The van der Waals surface area contributed by atoms with Gasteiger partial charge in [-0.3, -0.25) is 9.59 Å². The molecule has 0 saturated carbocycles. The van der Waals surface area contributed by atoms with Gasteiger partial charge in [-0.25, -0.2) is 0 Å². The van der Waals surface area contributed by atoms with E-state index in [1.807, 2.05) is 31.2 Å². The molecule has 20 heavy (non-hydrogen) atoms. The Balaban J connectivity index is 1.94. The summed E-state index contributed by atoms with van der Waals surface area (Å²) in [5, 5.41) is 3.64. The number of carbonyl (C=O) groups is 2. The molecular weight excluding hydrogens is 296 g/mol. The zero-order valence-electron chi connectivity index (χ0n) is 11.3. The average molecular weight is 313 g/mol. The van der Waals surface area contributed by atoms with Crippen molar-refractivity contribution in [2.45, 2.75) is 19.4 Å². The number of nitrogens with one attached hydrogen (secondary N) is 1. The summed E-state index contributed by atoms with van der Waals surface area (Å²) in [6.07, 6.45) is 0.788. The van der Waals surface area contributed by atoms with Crippen molar-refractivity contribution in [1.82, 2.24) is 10.2 Å². The minimum atomic E-state index is -0.123. The van der Waals surface area contributed by atoms with Crippen molar-refractivity contribution in [3.63, 3.8) is 0 Å². The van der Waals surface area contributed by atoms with Crippen molar-refractivity contribution in [2.75, 3.05) is 18.2 Å². The first kappa shape index (κ1) is 15.2. The molecule has 4 nitrogen and oxygen atoms in total. The Morgan fingerprint density at radius 2 is 2.15 bits per heavy atom. The number of halogens is 1. The highest BCUT2D eigenvalue weighted by molar-refractivity contribution is 8.00. The first-order valence-corrected chi connectivity index (χ1v) is 8.03. The van der Waals surface area contributed by atoms with E-state index in [0.29, 0.717) is 16.7 Å². The highest BCUT2D eigenvalue weighted by atomic mass is 35.5. The van der Waals surface area contributed by atoms with E-state index in [-0.39, 0.29) is 24.4 Å². The van der Waals surface area contributed by atoms with Crippen LogP contribution in [0.2, 0.25) is 5.02 Å². The second-order valence-corrected chi connectivity index (χ2v) is 6.04. The van der Waals surface area contributed by atoms with Crippen LogP contribution in [0.15, 0.2) is 24.3 Å². The van der Waals surface area contributed by atoms with Gasteiger partial charge in [0, 0.05) is 5.02 Å². The Labute approximate surface area is 127 Å². The Hall–Kier alpha value is -1.20. The predicted octanol–water partition coefficient (Wildman–Crippen LogP) is 2.44. The third-order valence-electron chi connectivity index (χ3n) is 3.18. The molecule has 1 aliphatic heterocycles. The molecule has 2 amide bonds. The summed E-state index contributed by atoms with van der Waals surface area (Å²) in [4.78, 5) is 25.1. The second kappa shape index (κ2) is 6.99. The number of amides is 2. The van der Waals surface area contributed by atoms with Gasteiger partial charge in [0.2, 0.25) is 11.8 Å². The molecule has 6 heteroatoms. The summed E-state index contributed by atoms with van der Waals surface area (Å²) < 4.78 is 0. The highest BCUT2D eigenvalue weighted by Crippen LogP contribution is 2.19. The lowest BCUT2D eigenvalue weighted by Crippen LogP contribution is -2.39. The molecule has 1 atom stereocenters. The minimum Gasteiger partial charge on any atom is -0.348 e. The number of benzene rings is 1. The van der Waals surface area contributed by atoms with E-state index in [4.69, 9.17) is 11.6 Å². The number of hydrogen-bond donors (Lipinski definition) is 1. The Morgan fingerprint density at radius 3 is 2.70 bits per heavy atom. The SMILES string of the molecule is CCC(NC(=O)CN1CSCC1=O)c1ccc(Cl)cc1. The predicted molar refractivity (Wildman–Crippen MR) is 81.7 cm³/mol. The normalized spacial score (nSPS) is 16.3. The summed E-state index contributed by atoms with van der Waals surface area (Å²) in [7, 11) is 0. The first-order chi connectivity index (χ1) is 9.60. The van der Waals surface area contributed by atoms with E-state index in [1.165, 1.54) is 11.8 Å².